The van der Waals surface area contributed by atoms with Crippen molar-refractivity contribution >= 4 is 17.3 Å². The first-order valence-corrected chi connectivity index (χ1v) is 7.06. The number of benzene rings is 1. The molecule has 1 unspecified atom stereocenters. The predicted molar refractivity (Wildman–Crippen MR) is 78.7 cm³/mol. The van der Waals surface area contributed by atoms with E-state index in [1.807, 2.05) is 30.9 Å². The topological polar surface area (TPSA) is 29.9 Å². The Morgan fingerprint density at radius 2 is 2.26 bits per heavy atom. The largest absolute Gasteiger partial charge is 0.378 e. The van der Waals surface area contributed by atoms with Gasteiger partial charge in [0, 0.05) is 29.0 Å². The van der Waals surface area contributed by atoms with E-state index in [1.54, 1.807) is 0 Å². The van der Waals surface area contributed by atoms with E-state index in [0.717, 1.165) is 29.1 Å². The highest BCUT2D eigenvalue weighted by Gasteiger charge is 2.23. The zero-order valence-electron chi connectivity index (χ0n) is 11.3. The van der Waals surface area contributed by atoms with Crippen molar-refractivity contribution in [1.29, 1.82) is 0 Å². The molecule has 0 saturated heterocycles. The minimum Gasteiger partial charge on any atom is -0.378 e. The predicted octanol–water partition coefficient (Wildman–Crippen LogP) is 3.87. The van der Waals surface area contributed by atoms with Crippen molar-refractivity contribution in [3.63, 3.8) is 0 Å². The van der Waals surface area contributed by atoms with E-state index in [0.29, 0.717) is 6.04 Å². The molecule has 0 bridgehead atoms. The van der Waals surface area contributed by atoms with Gasteiger partial charge in [0.2, 0.25) is 0 Å². The van der Waals surface area contributed by atoms with Gasteiger partial charge in [-0.1, -0.05) is 17.7 Å². The lowest BCUT2D eigenvalue weighted by Crippen LogP contribution is -2.17. The van der Waals surface area contributed by atoms with Crippen LogP contribution in [0.1, 0.15) is 35.7 Å². The van der Waals surface area contributed by atoms with E-state index < -0.39 is 0 Å². The first-order chi connectivity index (χ1) is 9.15. The minimum atomic E-state index is 0.344. The van der Waals surface area contributed by atoms with Gasteiger partial charge in [-0.05, 0) is 43.9 Å². The Labute approximate surface area is 118 Å². The van der Waals surface area contributed by atoms with E-state index in [1.165, 1.54) is 17.7 Å². The van der Waals surface area contributed by atoms with Gasteiger partial charge >= 0.3 is 0 Å². The lowest BCUT2D eigenvalue weighted by atomic mass is 9.93. The van der Waals surface area contributed by atoms with Crippen LogP contribution in [0.4, 0.5) is 5.69 Å². The molecule has 0 saturated carbocycles. The summed E-state index contributed by atoms with van der Waals surface area (Å²) in [4.78, 5) is 0. The van der Waals surface area contributed by atoms with Crippen LogP contribution in [0, 0.1) is 6.92 Å². The Balaban J connectivity index is 1.86. The number of fused-ring (bicyclic) bond motifs is 1. The number of hydrogen-bond donors (Lipinski definition) is 1. The number of anilines is 1. The molecule has 0 aliphatic heterocycles. The first-order valence-electron chi connectivity index (χ1n) is 6.68. The van der Waals surface area contributed by atoms with Crippen LogP contribution in [0.25, 0.3) is 0 Å². The molecule has 1 atom stereocenters. The normalized spacial score (nSPS) is 18.2. The average Bonchev–Trinajstić information content (AvgIpc) is 2.77. The van der Waals surface area contributed by atoms with Crippen LogP contribution >= 0.6 is 11.6 Å². The maximum atomic E-state index is 6.18. The highest BCUT2D eigenvalue weighted by molar-refractivity contribution is 6.31. The minimum absolute atomic E-state index is 0.344. The summed E-state index contributed by atoms with van der Waals surface area (Å²) in [5.74, 6) is 0. The molecule has 0 spiro atoms. The third-order valence-electron chi connectivity index (χ3n) is 3.89. The maximum Gasteiger partial charge on any atom is 0.0547 e. The molecule has 100 valence electrons. The summed E-state index contributed by atoms with van der Waals surface area (Å²) in [5, 5.41) is 8.77. The van der Waals surface area contributed by atoms with Crippen molar-refractivity contribution in [1.82, 2.24) is 9.78 Å². The number of aryl methyl sites for hydroxylation is 2. The molecule has 1 N–H and O–H groups in total. The maximum absolute atomic E-state index is 6.18. The number of nitrogens with one attached hydrogen (secondary N) is 1. The van der Waals surface area contributed by atoms with Crippen LogP contribution in [-0.4, -0.2) is 9.78 Å². The molecule has 3 rings (SSSR count). The summed E-state index contributed by atoms with van der Waals surface area (Å²) in [6.07, 6.45) is 5.45. The van der Waals surface area contributed by atoms with Crippen LogP contribution in [0.15, 0.2) is 24.4 Å². The van der Waals surface area contributed by atoms with Crippen molar-refractivity contribution in [3.05, 3.63) is 46.2 Å². The van der Waals surface area contributed by atoms with E-state index in [-0.39, 0.29) is 0 Å². The van der Waals surface area contributed by atoms with Gasteiger partial charge in [0.25, 0.3) is 0 Å². The molecule has 1 aliphatic carbocycles. The molecular formula is C15H18ClN3. The van der Waals surface area contributed by atoms with Crippen LogP contribution < -0.4 is 5.32 Å². The zero-order chi connectivity index (χ0) is 13.4. The van der Waals surface area contributed by atoms with Crippen LogP contribution in [0.2, 0.25) is 5.02 Å². The molecule has 1 aromatic carbocycles. The Morgan fingerprint density at radius 3 is 3.05 bits per heavy atom. The lowest BCUT2D eigenvalue weighted by molar-refractivity contribution is 0.571. The van der Waals surface area contributed by atoms with E-state index in [4.69, 9.17) is 11.6 Å². The highest BCUT2D eigenvalue weighted by atomic mass is 35.5. The standard InChI is InChI=1S/C15H18ClN3/c1-10-6-7-11(8-13(10)16)18-14-4-3-5-15-12(14)9-17-19(15)2/h6-9,14,18H,3-5H2,1-2H3. The summed E-state index contributed by atoms with van der Waals surface area (Å²) < 4.78 is 1.99. The van der Waals surface area contributed by atoms with Crippen molar-refractivity contribution in [2.24, 2.45) is 7.05 Å². The zero-order valence-corrected chi connectivity index (χ0v) is 12.0. The third kappa shape index (κ3) is 2.35. The molecule has 0 fully saturated rings. The highest BCUT2D eigenvalue weighted by Crippen LogP contribution is 2.33. The number of nitrogens with zero attached hydrogens (tertiary/aromatic N) is 2. The molecule has 1 aromatic heterocycles. The second kappa shape index (κ2) is 4.89. The molecule has 19 heavy (non-hydrogen) atoms. The van der Waals surface area contributed by atoms with Crippen LogP contribution in [0.3, 0.4) is 0 Å². The van der Waals surface area contributed by atoms with Gasteiger partial charge in [-0.3, -0.25) is 4.68 Å². The van der Waals surface area contributed by atoms with Gasteiger partial charge in [-0.15, -0.1) is 0 Å². The first kappa shape index (κ1) is 12.5. The molecule has 0 amide bonds. The Kier molecular flexibility index (Phi) is 3.23. The van der Waals surface area contributed by atoms with Gasteiger partial charge in [0.1, 0.15) is 0 Å². The SMILES string of the molecule is Cc1ccc(NC2CCCc3c2cnn3C)cc1Cl. The monoisotopic (exact) mass is 275 g/mol. The fraction of sp³-hybridized carbons (Fsp3) is 0.400. The molecule has 1 heterocycles. The van der Waals surface area contributed by atoms with E-state index >= 15 is 0 Å². The quantitative estimate of drug-likeness (QED) is 0.902. The number of halogens is 1. The molecular weight excluding hydrogens is 258 g/mol. The van der Waals surface area contributed by atoms with Gasteiger partial charge in [0.15, 0.2) is 0 Å². The molecule has 0 radical (unpaired) electrons. The van der Waals surface area contributed by atoms with E-state index in [2.05, 4.69) is 22.5 Å². The second-order valence-electron chi connectivity index (χ2n) is 5.22. The summed E-state index contributed by atoms with van der Waals surface area (Å²) in [6.45, 7) is 2.02. The van der Waals surface area contributed by atoms with Crippen LogP contribution in [0.5, 0.6) is 0 Å². The summed E-state index contributed by atoms with van der Waals surface area (Å²) in [7, 11) is 2.02. The van der Waals surface area contributed by atoms with Gasteiger partial charge in [0.05, 0.1) is 12.2 Å². The Bertz CT molecular complexity index is 603. The van der Waals surface area contributed by atoms with E-state index in [9.17, 15) is 0 Å². The van der Waals surface area contributed by atoms with Crippen molar-refractivity contribution in [3.8, 4) is 0 Å². The van der Waals surface area contributed by atoms with Gasteiger partial charge in [-0.2, -0.15) is 5.10 Å². The average molecular weight is 276 g/mol. The molecule has 4 heteroatoms. The lowest BCUT2D eigenvalue weighted by Gasteiger charge is -2.25. The fourth-order valence-corrected chi connectivity index (χ4v) is 2.92. The Hall–Kier alpha value is -1.48. The van der Waals surface area contributed by atoms with Crippen LogP contribution in [-0.2, 0) is 13.5 Å². The molecule has 2 aromatic rings. The summed E-state index contributed by atoms with van der Waals surface area (Å²) in [6, 6.07) is 6.49. The van der Waals surface area contributed by atoms with Gasteiger partial charge in [-0.25, -0.2) is 0 Å². The fourth-order valence-electron chi connectivity index (χ4n) is 2.74. The molecule has 1 aliphatic rings. The van der Waals surface area contributed by atoms with Crippen molar-refractivity contribution < 1.29 is 0 Å². The van der Waals surface area contributed by atoms with Crippen molar-refractivity contribution in [2.45, 2.75) is 32.2 Å². The smallest absolute Gasteiger partial charge is 0.0547 e. The summed E-state index contributed by atoms with van der Waals surface area (Å²) >= 11 is 6.18. The molecule has 3 nitrogen and oxygen atoms in total. The summed E-state index contributed by atoms with van der Waals surface area (Å²) in [5.41, 5.74) is 4.86. The van der Waals surface area contributed by atoms with Gasteiger partial charge < -0.3 is 5.32 Å². The Morgan fingerprint density at radius 1 is 1.42 bits per heavy atom. The van der Waals surface area contributed by atoms with Crippen molar-refractivity contribution in [2.75, 3.05) is 5.32 Å². The second-order valence-corrected chi connectivity index (χ2v) is 5.63. The number of hydrogen-bond acceptors (Lipinski definition) is 2. The number of rotatable bonds is 2. The third-order valence-corrected chi connectivity index (χ3v) is 4.30. The number of aromatic nitrogens is 2.